The number of pyridine rings is 1. The van der Waals surface area contributed by atoms with Gasteiger partial charge < -0.3 is 15.2 Å². The van der Waals surface area contributed by atoms with E-state index < -0.39 is 6.10 Å². The molecule has 0 saturated heterocycles. The van der Waals surface area contributed by atoms with Crippen LogP contribution in [0.2, 0.25) is 0 Å². The number of hydrogen-bond donors (Lipinski definition) is 2. The smallest absolute Gasteiger partial charge is 0.270 e. The van der Waals surface area contributed by atoms with Gasteiger partial charge in [-0.15, -0.1) is 0 Å². The first kappa shape index (κ1) is 21.1. The summed E-state index contributed by atoms with van der Waals surface area (Å²) >= 11 is 0. The second kappa shape index (κ2) is 9.31. The molecule has 0 bridgehead atoms. The number of benzene rings is 1. The van der Waals surface area contributed by atoms with Crippen LogP contribution in [-0.2, 0) is 6.42 Å². The fraction of sp³-hybridized carbons (Fsp3) is 0.375. The minimum absolute atomic E-state index is 0.228. The zero-order valence-corrected chi connectivity index (χ0v) is 17.9. The average molecular weight is 421 g/mol. The van der Waals surface area contributed by atoms with Gasteiger partial charge in [0.25, 0.3) is 5.91 Å². The van der Waals surface area contributed by atoms with Crippen molar-refractivity contribution >= 4 is 5.91 Å². The minimum Gasteiger partial charge on any atom is -0.481 e. The Morgan fingerprint density at radius 1 is 1.26 bits per heavy atom. The quantitative estimate of drug-likeness (QED) is 0.639. The Kier molecular flexibility index (Phi) is 6.32. The summed E-state index contributed by atoms with van der Waals surface area (Å²) in [7, 11) is 1.56. The molecule has 4 rings (SSSR count). The van der Waals surface area contributed by atoms with Crippen LogP contribution in [0.3, 0.4) is 0 Å². The molecule has 162 valence electrons. The maximum atomic E-state index is 12.9. The summed E-state index contributed by atoms with van der Waals surface area (Å²) in [5.74, 6) is 0.166. The van der Waals surface area contributed by atoms with Gasteiger partial charge in [-0.2, -0.15) is 5.10 Å². The Morgan fingerprint density at radius 2 is 2.03 bits per heavy atom. The Morgan fingerprint density at radius 3 is 2.71 bits per heavy atom. The lowest BCUT2D eigenvalue weighted by Gasteiger charge is -2.28. The summed E-state index contributed by atoms with van der Waals surface area (Å²) in [5, 5.41) is 17.4. The number of carbonyl (C=O) groups is 1. The van der Waals surface area contributed by atoms with Crippen molar-refractivity contribution in [2.24, 2.45) is 0 Å². The maximum Gasteiger partial charge on any atom is 0.270 e. The highest BCUT2D eigenvalue weighted by Gasteiger charge is 2.26. The number of amides is 1. The van der Waals surface area contributed by atoms with Crippen molar-refractivity contribution in [3.63, 3.8) is 0 Å². The molecule has 1 aromatic carbocycles. The average Bonchev–Trinajstić information content (AvgIpc) is 3.32. The molecule has 2 aromatic heterocycles. The van der Waals surface area contributed by atoms with Crippen molar-refractivity contribution in [3.05, 3.63) is 71.2 Å². The summed E-state index contributed by atoms with van der Waals surface area (Å²) in [6, 6.07) is 11.6. The third kappa shape index (κ3) is 4.77. The van der Waals surface area contributed by atoms with Crippen LogP contribution in [0.1, 0.15) is 52.9 Å². The number of nitrogens with zero attached hydrogens (tertiary/aromatic N) is 3. The summed E-state index contributed by atoms with van der Waals surface area (Å²) in [5.41, 5.74) is 4.30. The van der Waals surface area contributed by atoms with E-state index in [-0.39, 0.29) is 11.9 Å². The molecule has 1 fully saturated rings. The first-order chi connectivity index (χ1) is 15.0. The molecule has 3 aromatic rings. The van der Waals surface area contributed by atoms with Gasteiger partial charge in [0.15, 0.2) is 0 Å². The first-order valence-corrected chi connectivity index (χ1v) is 10.7. The van der Waals surface area contributed by atoms with Crippen LogP contribution >= 0.6 is 0 Å². The van der Waals surface area contributed by atoms with Crippen LogP contribution < -0.4 is 10.1 Å². The van der Waals surface area contributed by atoms with E-state index in [1.54, 1.807) is 13.3 Å². The molecule has 1 aliphatic carbocycles. The summed E-state index contributed by atoms with van der Waals surface area (Å²) in [6.07, 6.45) is 7.30. The summed E-state index contributed by atoms with van der Waals surface area (Å²) in [6.45, 7) is 1.95. The summed E-state index contributed by atoms with van der Waals surface area (Å²) < 4.78 is 7.25. The number of carbonyl (C=O) groups excluding carboxylic acids is 1. The standard InChI is InChI=1S/C24H28N4O3/c1-16-18(14-17-8-10-19(11-9-17)28-13-5-12-25-28)15-21(27-24(16)31-2)23(30)26-20-6-3-4-7-22(20)29/h5,8-13,15,20,22,29H,3-4,6-7,14H2,1-2H3,(H,26,30)/t20?,22-/m0/s1. The van der Waals surface area contributed by atoms with Crippen molar-refractivity contribution in [2.45, 2.75) is 51.2 Å². The lowest BCUT2D eigenvalue weighted by molar-refractivity contribution is 0.0713. The second-order valence-electron chi connectivity index (χ2n) is 8.03. The largest absolute Gasteiger partial charge is 0.481 e. The van der Waals surface area contributed by atoms with E-state index in [4.69, 9.17) is 4.74 Å². The molecule has 2 atom stereocenters. The Labute approximate surface area is 182 Å². The lowest BCUT2D eigenvalue weighted by Crippen LogP contribution is -2.45. The molecule has 1 unspecified atom stereocenters. The predicted molar refractivity (Wildman–Crippen MR) is 118 cm³/mol. The van der Waals surface area contributed by atoms with E-state index in [1.165, 1.54) is 0 Å². The van der Waals surface area contributed by atoms with Gasteiger partial charge in [0, 0.05) is 18.0 Å². The molecule has 1 aliphatic rings. The number of ether oxygens (including phenoxy) is 1. The second-order valence-corrected chi connectivity index (χ2v) is 8.03. The minimum atomic E-state index is -0.502. The van der Waals surface area contributed by atoms with Gasteiger partial charge in [0.05, 0.1) is 24.9 Å². The Balaban J connectivity index is 1.55. The van der Waals surface area contributed by atoms with Gasteiger partial charge in [0.1, 0.15) is 5.69 Å². The molecular weight excluding hydrogens is 392 g/mol. The first-order valence-electron chi connectivity index (χ1n) is 10.7. The molecular formula is C24H28N4O3. The van der Waals surface area contributed by atoms with Gasteiger partial charge in [-0.1, -0.05) is 25.0 Å². The number of aliphatic hydroxyl groups excluding tert-OH is 1. The van der Waals surface area contributed by atoms with E-state index >= 15 is 0 Å². The van der Waals surface area contributed by atoms with E-state index in [0.29, 0.717) is 18.0 Å². The third-order valence-electron chi connectivity index (χ3n) is 5.91. The normalized spacial score (nSPS) is 18.5. The number of aliphatic hydroxyl groups is 1. The lowest BCUT2D eigenvalue weighted by atomic mass is 9.92. The van der Waals surface area contributed by atoms with Crippen LogP contribution in [0.5, 0.6) is 5.88 Å². The fourth-order valence-electron chi connectivity index (χ4n) is 4.06. The molecule has 7 nitrogen and oxygen atoms in total. The highest BCUT2D eigenvalue weighted by molar-refractivity contribution is 5.93. The maximum absolute atomic E-state index is 12.9. The number of methoxy groups -OCH3 is 1. The number of hydrogen-bond acceptors (Lipinski definition) is 5. The predicted octanol–water partition coefficient (Wildman–Crippen LogP) is 3.21. The molecule has 0 aliphatic heterocycles. The molecule has 7 heteroatoms. The van der Waals surface area contributed by atoms with Crippen LogP contribution in [0.25, 0.3) is 5.69 Å². The van der Waals surface area contributed by atoms with Crippen molar-refractivity contribution in [3.8, 4) is 11.6 Å². The Hall–Kier alpha value is -3.19. The van der Waals surface area contributed by atoms with E-state index in [9.17, 15) is 9.90 Å². The summed E-state index contributed by atoms with van der Waals surface area (Å²) in [4.78, 5) is 17.3. The van der Waals surface area contributed by atoms with Crippen molar-refractivity contribution in [2.75, 3.05) is 7.11 Å². The molecule has 1 amide bonds. The van der Waals surface area contributed by atoms with Gasteiger partial charge in [0.2, 0.25) is 5.88 Å². The number of aromatic nitrogens is 3. The van der Waals surface area contributed by atoms with Crippen LogP contribution in [0.4, 0.5) is 0 Å². The van der Waals surface area contributed by atoms with Crippen LogP contribution in [-0.4, -0.2) is 45.0 Å². The highest BCUT2D eigenvalue weighted by atomic mass is 16.5. The monoisotopic (exact) mass is 420 g/mol. The van der Waals surface area contributed by atoms with Crippen LogP contribution in [0.15, 0.2) is 48.8 Å². The van der Waals surface area contributed by atoms with Crippen molar-refractivity contribution in [1.29, 1.82) is 0 Å². The van der Waals surface area contributed by atoms with Gasteiger partial charge in [-0.3, -0.25) is 4.79 Å². The van der Waals surface area contributed by atoms with Crippen molar-refractivity contribution in [1.82, 2.24) is 20.1 Å². The topological polar surface area (TPSA) is 89.3 Å². The van der Waals surface area contributed by atoms with Crippen LogP contribution in [0, 0.1) is 6.92 Å². The van der Waals surface area contributed by atoms with Gasteiger partial charge >= 0.3 is 0 Å². The van der Waals surface area contributed by atoms with E-state index in [2.05, 4.69) is 27.5 Å². The van der Waals surface area contributed by atoms with E-state index in [0.717, 1.165) is 48.1 Å². The number of rotatable bonds is 6. The molecule has 2 heterocycles. The third-order valence-corrected chi connectivity index (χ3v) is 5.91. The molecule has 2 N–H and O–H groups in total. The molecule has 0 radical (unpaired) electrons. The van der Waals surface area contributed by atoms with Crippen molar-refractivity contribution < 1.29 is 14.6 Å². The fourth-order valence-corrected chi connectivity index (χ4v) is 4.06. The number of nitrogens with one attached hydrogen (secondary N) is 1. The van der Waals surface area contributed by atoms with E-state index in [1.807, 2.05) is 42.1 Å². The molecule has 31 heavy (non-hydrogen) atoms. The highest BCUT2D eigenvalue weighted by Crippen LogP contribution is 2.24. The Bertz CT molecular complexity index is 1030. The molecule has 0 spiro atoms. The zero-order chi connectivity index (χ0) is 21.8. The zero-order valence-electron chi connectivity index (χ0n) is 17.9. The SMILES string of the molecule is COc1nc(C(=O)NC2CCCC[C@@H]2O)cc(Cc2ccc(-n3cccn3)cc2)c1C. The van der Waals surface area contributed by atoms with Gasteiger partial charge in [-0.05, 0) is 61.6 Å². The van der Waals surface area contributed by atoms with Gasteiger partial charge in [-0.25, -0.2) is 9.67 Å². The molecule has 1 saturated carbocycles.